The molecule has 108 valence electrons. The lowest BCUT2D eigenvalue weighted by molar-refractivity contribution is 0.448. The zero-order valence-corrected chi connectivity index (χ0v) is 12.8. The Morgan fingerprint density at radius 3 is 3.05 bits per heavy atom. The molecule has 0 saturated carbocycles. The van der Waals surface area contributed by atoms with E-state index in [4.69, 9.17) is 0 Å². The minimum atomic E-state index is -3.34. The third kappa shape index (κ3) is 2.27. The van der Waals surface area contributed by atoms with Crippen molar-refractivity contribution in [2.24, 2.45) is 0 Å². The van der Waals surface area contributed by atoms with E-state index in [0.29, 0.717) is 17.3 Å². The highest BCUT2D eigenvalue weighted by Crippen LogP contribution is 2.29. The van der Waals surface area contributed by atoms with Gasteiger partial charge in [0.1, 0.15) is 16.4 Å². The Morgan fingerprint density at radius 2 is 2.35 bits per heavy atom. The van der Waals surface area contributed by atoms with Gasteiger partial charge in [-0.2, -0.15) is 4.31 Å². The van der Waals surface area contributed by atoms with E-state index in [9.17, 15) is 8.42 Å². The lowest BCUT2D eigenvalue weighted by atomic mass is 10.2. The highest BCUT2D eigenvalue weighted by molar-refractivity contribution is 7.91. The van der Waals surface area contributed by atoms with Gasteiger partial charge >= 0.3 is 0 Å². The summed E-state index contributed by atoms with van der Waals surface area (Å²) in [4.78, 5) is 0. The topological polar surface area (TPSA) is 68.1 Å². The number of rotatable bonds is 4. The summed E-state index contributed by atoms with van der Waals surface area (Å²) >= 11 is 1.26. The molecular formula is C12H16N4O2S2. The second kappa shape index (κ2) is 5.27. The molecule has 3 rings (SSSR count). The van der Waals surface area contributed by atoms with Crippen LogP contribution in [0.15, 0.2) is 28.0 Å². The van der Waals surface area contributed by atoms with Crippen molar-refractivity contribution in [2.75, 3.05) is 13.1 Å². The summed E-state index contributed by atoms with van der Waals surface area (Å²) in [5.41, 5.74) is 0. The average molecular weight is 312 g/mol. The monoisotopic (exact) mass is 312 g/mol. The second-order valence-corrected chi connectivity index (χ2v) is 7.86. The number of hydrogen-bond acceptors (Lipinski definition) is 5. The number of hydrogen-bond donors (Lipinski definition) is 0. The normalized spacial score (nSPS) is 20.6. The predicted molar refractivity (Wildman–Crippen MR) is 76.1 cm³/mol. The van der Waals surface area contributed by atoms with Gasteiger partial charge in [0.05, 0.1) is 6.04 Å². The Bertz CT molecular complexity index is 678. The molecule has 0 radical (unpaired) electrons. The zero-order valence-electron chi connectivity index (χ0n) is 11.1. The predicted octanol–water partition coefficient (Wildman–Crippen LogP) is 1.54. The molecule has 0 spiro atoms. The van der Waals surface area contributed by atoms with Crippen molar-refractivity contribution in [3.8, 4) is 0 Å². The third-order valence-corrected chi connectivity index (χ3v) is 6.81. The van der Waals surface area contributed by atoms with Gasteiger partial charge in [0.2, 0.25) is 0 Å². The molecule has 1 fully saturated rings. The van der Waals surface area contributed by atoms with Gasteiger partial charge in [0.25, 0.3) is 10.0 Å². The summed E-state index contributed by atoms with van der Waals surface area (Å²) < 4.78 is 28.9. The molecule has 1 atom stereocenters. The fourth-order valence-corrected chi connectivity index (χ4v) is 5.16. The van der Waals surface area contributed by atoms with Gasteiger partial charge in [-0.1, -0.05) is 13.0 Å². The third-order valence-electron chi connectivity index (χ3n) is 3.57. The Balaban J connectivity index is 1.81. The van der Waals surface area contributed by atoms with E-state index in [1.807, 2.05) is 11.5 Å². The van der Waals surface area contributed by atoms with Crippen LogP contribution >= 0.6 is 11.3 Å². The summed E-state index contributed by atoms with van der Waals surface area (Å²) in [6, 6.07) is 3.55. The van der Waals surface area contributed by atoms with Crippen molar-refractivity contribution in [3.63, 3.8) is 0 Å². The molecule has 0 aliphatic carbocycles. The summed E-state index contributed by atoms with van der Waals surface area (Å²) in [6.45, 7) is 3.06. The highest BCUT2D eigenvalue weighted by atomic mass is 32.2. The van der Waals surface area contributed by atoms with Crippen LogP contribution in [0.4, 0.5) is 0 Å². The minimum Gasteiger partial charge on any atom is -0.313 e. The molecule has 2 aromatic heterocycles. The minimum absolute atomic E-state index is 0.134. The number of sulfonamides is 1. The van der Waals surface area contributed by atoms with Crippen LogP contribution in [-0.4, -0.2) is 40.6 Å². The summed E-state index contributed by atoms with van der Waals surface area (Å²) in [6.07, 6.45) is 3.30. The SMILES string of the molecule is CCc1nncn1[C@H]1CCN(S(=O)(=O)c2cccs2)C1. The molecule has 6 nitrogen and oxygen atoms in total. The molecule has 0 N–H and O–H groups in total. The largest absolute Gasteiger partial charge is 0.313 e. The fourth-order valence-electron chi connectivity index (χ4n) is 2.52. The number of aromatic nitrogens is 3. The van der Waals surface area contributed by atoms with Crippen LogP contribution in [0.1, 0.15) is 25.2 Å². The standard InChI is InChI=1S/C12H16N4O2S2/c1-2-11-14-13-9-16(11)10-5-6-15(8-10)20(17,18)12-4-3-7-19-12/h3-4,7,9-10H,2,5-6,8H2,1H3/t10-/m0/s1. The molecule has 0 amide bonds. The van der Waals surface area contributed by atoms with E-state index < -0.39 is 10.0 Å². The first-order chi connectivity index (χ1) is 9.63. The Morgan fingerprint density at radius 1 is 1.50 bits per heavy atom. The van der Waals surface area contributed by atoms with Crippen molar-refractivity contribution >= 4 is 21.4 Å². The van der Waals surface area contributed by atoms with Crippen LogP contribution in [0.25, 0.3) is 0 Å². The molecule has 8 heteroatoms. The number of nitrogens with zero attached hydrogens (tertiary/aromatic N) is 4. The molecule has 2 aromatic rings. The quantitative estimate of drug-likeness (QED) is 0.859. The molecule has 0 aromatic carbocycles. The number of thiophene rings is 1. The first kappa shape index (κ1) is 13.7. The maximum atomic E-state index is 12.5. The summed E-state index contributed by atoms with van der Waals surface area (Å²) in [5, 5.41) is 9.77. The van der Waals surface area contributed by atoms with Crippen molar-refractivity contribution < 1.29 is 8.42 Å². The molecule has 1 aliphatic heterocycles. The molecule has 1 aliphatic rings. The summed E-state index contributed by atoms with van der Waals surface area (Å²) in [5.74, 6) is 0.908. The van der Waals surface area contributed by atoms with Crippen molar-refractivity contribution in [1.29, 1.82) is 0 Å². The average Bonchev–Trinajstić information content (AvgIpc) is 3.18. The lowest BCUT2D eigenvalue weighted by Gasteiger charge is -2.16. The van der Waals surface area contributed by atoms with Gasteiger partial charge in [-0.05, 0) is 17.9 Å². The van der Waals surface area contributed by atoms with E-state index in [2.05, 4.69) is 10.2 Å². The van der Waals surface area contributed by atoms with Crippen LogP contribution in [0.3, 0.4) is 0 Å². The van der Waals surface area contributed by atoms with Crippen LogP contribution in [-0.2, 0) is 16.4 Å². The van der Waals surface area contributed by atoms with Crippen LogP contribution in [0.5, 0.6) is 0 Å². The highest BCUT2D eigenvalue weighted by Gasteiger charge is 2.34. The Labute approximate surface area is 122 Å². The van der Waals surface area contributed by atoms with Gasteiger partial charge in [-0.3, -0.25) is 0 Å². The first-order valence-electron chi connectivity index (χ1n) is 6.55. The van der Waals surface area contributed by atoms with Crippen LogP contribution in [0, 0.1) is 0 Å². The summed E-state index contributed by atoms with van der Waals surface area (Å²) in [7, 11) is -3.34. The van der Waals surface area contributed by atoms with E-state index in [-0.39, 0.29) is 6.04 Å². The van der Waals surface area contributed by atoms with E-state index in [0.717, 1.165) is 18.7 Å². The van der Waals surface area contributed by atoms with Gasteiger partial charge < -0.3 is 4.57 Å². The molecule has 0 unspecified atom stereocenters. The zero-order chi connectivity index (χ0) is 14.2. The first-order valence-corrected chi connectivity index (χ1v) is 8.87. The molecule has 1 saturated heterocycles. The number of aryl methyl sites for hydroxylation is 1. The van der Waals surface area contributed by atoms with E-state index >= 15 is 0 Å². The molecule has 3 heterocycles. The smallest absolute Gasteiger partial charge is 0.252 e. The van der Waals surface area contributed by atoms with Gasteiger partial charge in [0, 0.05) is 19.5 Å². The fraction of sp³-hybridized carbons (Fsp3) is 0.500. The maximum Gasteiger partial charge on any atom is 0.252 e. The van der Waals surface area contributed by atoms with Gasteiger partial charge in [-0.15, -0.1) is 21.5 Å². The van der Waals surface area contributed by atoms with Crippen molar-refractivity contribution in [1.82, 2.24) is 19.1 Å². The lowest BCUT2D eigenvalue weighted by Crippen LogP contribution is -2.28. The van der Waals surface area contributed by atoms with Crippen LogP contribution < -0.4 is 0 Å². The van der Waals surface area contributed by atoms with Gasteiger partial charge in [-0.25, -0.2) is 8.42 Å². The Kier molecular flexibility index (Phi) is 3.61. The van der Waals surface area contributed by atoms with Gasteiger partial charge in [0.15, 0.2) is 0 Å². The van der Waals surface area contributed by atoms with Crippen LogP contribution in [0.2, 0.25) is 0 Å². The van der Waals surface area contributed by atoms with E-state index in [1.54, 1.807) is 28.1 Å². The molecular weight excluding hydrogens is 296 g/mol. The molecule has 0 bridgehead atoms. The maximum absolute atomic E-state index is 12.5. The second-order valence-electron chi connectivity index (χ2n) is 4.75. The molecule has 20 heavy (non-hydrogen) atoms. The van der Waals surface area contributed by atoms with Crippen molar-refractivity contribution in [2.45, 2.75) is 30.0 Å². The van der Waals surface area contributed by atoms with Crippen molar-refractivity contribution in [3.05, 3.63) is 29.7 Å². The Hall–Kier alpha value is -1.25. The van der Waals surface area contributed by atoms with E-state index in [1.165, 1.54) is 11.3 Å².